The van der Waals surface area contributed by atoms with Gasteiger partial charge in [0.1, 0.15) is 0 Å². The van der Waals surface area contributed by atoms with Crippen LogP contribution in [-0.4, -0.2) is 18.0 Å². The van der Waals surface area contributed by atoms with Gasteiger partial charge in [-0.3, -0.25) is 0 Å². The molecular formula is C23H24P2. The van der Waals surface area contributed by atoms with E-state index in [4.69, 9.17) is 0 Å². The zero-order valence-electron chi connectivity index (χ0n) is 14.5. The van der Waals surface area contributed by atoms with E-state index >= 15 is 0 Å². The zero-order valence-corrected chi connectivity index (χ0v) is 16.2. The first-order valence-corrected chi connectivity index (χ1v) is 12.2. The van der Waals surface area contributed by atoms with E-state index in [1.807, 2.05) is 0 Å². The van der Waals surface area contributed by atoms with Crippen LogP contribution in [-0.2, 0) is 0 Å². The lowest BCUT2D eigenvalue weighted by atomic mass is 10.3. The van der Waals surface area contributed by atoms with Gasteiger partial charge in [0.25, 0.3) is 0 Å². The van der Waals surface area contributed by atoms with E-state index in [1.54, 1.807) is 5.30 Å². The predicted molar refractivity (Wildman–Crippen MR) is 115 cm³/mol. The third-order valence-corrected chi connectivity index (χ3v) is 11.0. The third-order valence-electron chi connectivity index (χ3n) is 4.99. The molecular weight excluding hydrogens is 338 g/mol. The van der Waals surface area contributed by atoms with Gasteiger partial charge in [-0.05, 0) is 54.7 Å². The van der Waals surface area contributed by atoms with Gasteiger partial charge in [0.05, 0.1) is 0 Å². The Balaban J connectivity index is 1.62. The Bertz CT molecular complexity index is 731. The van der Waals surface area contributed by atoms with E-state index in [0.29, 0.717) is 0 Å². The topological polar surface area (TPSA) is 0 Å². The predicted octanol–water partition coefficient (Wildman–Crippen LogP) is 5.09. The van der Waals surface area contributed by atoms with E-state index < -0.39 is 0 Å². The minimum absolute atomic E-state index is 0.000694. The van der Waals surface area contributed by atoms with Gasteiger partial charge in [-0.2, -0.15) is 0 Å². The molecule has 0 aliphatic carbocycles. The highest BCUT2D eigenvalue weighted by Crippen LogP contribution is 2.53. The zero-order chi connectivity index (χ0) is 16.9. The van der Waals surface area contributed by atoms with Crippen LogP contribution in [0.1, 0.15) is 12.8 Å². The maximum absolute atomic E-state index is 2.36. The van der Waals surface area contributed by atoms with Crippen molar-refractivity contribution in [3.05, 3.63) is 91.0 Å². The average Bonchev–Trinajstić information content (AvgIpc) is 3.16. The second-order valence-electron chi connectivity index (χ2n) is 6.61. The second-order valence-corrected chi connectivity index (χ2v) is 11.5. The van der Waals surface area contributed by atoms with Crippen molar-refractivity contribution in [3.63, 3.8) is 0 Å². The van der Waals surface area contributed by atoms with Gasteiger partial charge >= 0.3 is 0 Å². The molecule has 4 rings (SSSR count). The summed E-state index contributed by atoms with van der Waals surface area (Å²) < 4.78 is 0. The van der Waals surface area contributed by atoms with Crippen molar-refractivity contribution in [2.24, 2.45) is 0 Å². The highest BCUT2D eigenvalue weighted by molar-refractivity contribution is 7.74. The molecule has 1 aliphatic rings. The smallest absolute Gasteiger partial charge is 0.0123 e. The minimum atomic E-state index is -0.263. The van der Waals surface area contributed by atoms with Crippen LogP contribution in [0, 0.1) is 0 Å². The summed E-state index contributed by atoms with van der Waals surface area (Å²) in [5.41, 5.74) is 0.865. The van der Waals surface area contributed by atoms with Crippen LogP contribution in [0.3, 0.4) is 0 Å². The SMILES string of the molecule is c1ccc(P(CC2CCC[P@@]2c2ccccc2)c2ccccc2)cc1. The first kappa shape index (κ1) is 17.0. The van der Waals surface area contributed by atoms with Gasteiger partial charge in [0.15, 0.2) is 0 Å². The van der Waals surface area contributed by atoms with E-state index in [-0.39, 0.29) is 15.8 Å². The Hall–Kier alpha value is -1.48. The summed E-state index contributed by atoms with van der Waals surface area (Å²) in [6.07, 6.45) is 5.55. The summed E-state index contributed by atoms with van der Waals surface area (Å²) in [6, 6.07) is 33.7. The number of rotatable bonds is 5. The van der Waals surface area contributed by atoms with E-state index in [9.17, 15) is 0 Å². The second kappa shape index (κ2) is 8.27. The maximum atomic E-state index is 2.36. The summed E-state index contributed by atoms with van der Waals surface area (Å²) in [4.78, 5) is 0. The number of hydrogen-bond donors (Lipinski definition) is 0. The molecule has 2 atom stereocenters. The molecule has 1 fully saturated rings. The van der Waals surface area contributed by atoms with Gasteiger partial charge in [-0.15, -0.1) is 0 Å². The van der Waals surface area contributed by atoms with Crippen molar-refractivity contribution in [2.45, 2.75) is 18.5 Å². The molecule has 0 nitrogen and oxygen atoms in total. The number of hydrogen-bond acceptors (Lipinski definition) is 0. The fourth-order valence-electron chi connectivity index (χ4n) is 3.77. The third kappa shape index (κ3) is 4.03. The van der Waals surface area contributed by atoms with Gasteiger partial charge in [0.2, 0.25) is 0 Å². The lowest BCUT2D eigenvalue weighted by Crippen LogP contribution is -2.21. The van der Waals surface area contributed by atoms with Gasteiger partial charge in [-0.25, -0.2) is 0 Å². The summed E-state index contributed by atoms with van der Waals surface area (Å²) in [6.45, 7) is 0. The molecule has 1 unspecified atom stereocenters. The maximum Gasteiger partial charge on any atom is -0.0123 e. The molecule has 3 aromatic carbocycles. The normalized spacial score (nSPS) is 20.0. The molecule has 0 spiro atoms. The van der Waals surface area contributed by atoms with Crippen LogP contribution in [0.5, 0.6) is 0 Å². The van der Waals surface area contributed by atoms with Crippen LogP contribution in [0.25, 0.3) is 0 Å². The van der Waals surface area contributed by atoms with Crippen LogP contribution < -0.4 is 15.9 Å². The van der Waals surface area contributed by atoms with Crippen molar-refractivity contribution in [1.29, 1.82) is 0 Å². The Kier molecular flexibility index (Phi) is 5.61. The lowest BCUT2D eigenvalue weighted by Gasteiger charge is -2.27. The van der Waals surface area contributed by atoms with Gasteiger partial charge in [0, 0.05) is 0 Å². The summed E-state index contributed by atoms with van der Waals surface area (Å²) in [7, 11) is -0.263. The van der Waals surface area contributed by atoms with Crippen LogP contribution in [0.2, 0.25) is 0 Å². The van der Waals surface area contributed by atoms with Crippen molar-refractivity contribution < 1.29 is 0 Å². The van der Waals surface area contributed by atoms with Crippen LogP contribution in [0.4, 0.5) is 0 Å². The highest BCUT2D eigenvalue weighted by Gasteiger charge is 2.31. The molecule has 1 aliphatic heterocycles. The van der Waals surface area contributed by atoms with E-state index in [0.717, 1.165) is 5.66 Å². The Morgan fingerprint density at radius 3 is 1.80 bits per heavy atom. The highest BCUT2D eigenvalue weighted by atomic mass is 31.1. The molecule has 1 heterocycles. The Labute approximate surface area is 153 Å². The van der Waals surface area contributed by atoms with Crippen LogP contribution >= 0.6 is 15.8 Å². The van der Waals surface area contributed by atoms with Crippen LogP contribution in [0.15, 0.2) is 91.0 Å². The van der Waals surface area contributed by atoms with Crippen molar-refractivity contribution >= 4 is 31.8 Å². The molecule has 0 radical (unpaired) electrons. The first-order chi connectivity index (χ1) is 12.4. The molecule has 0 bridgehead atoms. The summed E-state index contributed by atoms with van der Waals surface area (Å²) in [5.74, 6) is 0. The quantitative estimate of drug-likeness (QED) is 0.555. The lowest BCUT2D eigenvalue weighted by molar-refractivity contribution is 0.841. The summed E-state index contributed by atoms with van der Waals surface area (Å²) >= 11 is 0. The van der Waals surface area contributed by atoms with E-state index in [2.05, 4.69) is 91.0 Å². The van der Waals surface area contributed by atoms with Gasteiger partial charge < -0.3 is 0 Å². The van der Waals surface area contributed by atoms with Crippen molar-refractivity contribution in [1.82, 2.24) is 0 Å². The molecule has 0 saturated carbocycles. The fraction of sp³-hybridized carbons (Fsp3) is 0.217. The Morgan fingerprint density at radius 2 is 1.24 bits per heavy atom. The van der Waals surface area contributed by atoms with E-state index in [1.165, 1.54) is 35.8 Å². The fourth-order valence-corrected chi connectivity index (χ4v) is 10.1. The molecule has 0 amide bonds. The minimum Gasteiger partial charge on any atom is -0.0718 e. The number of benzene rings is 3. The van der Waals surface area contributed by atoms with Crippen molar-refractivity contribution in [2.75, 3.05) is 12.3 Å². The molecule has 0 N–H and O–H groups in total. The summed E-state index contributed by atoms with van der Waals surface area (Å²) in [5, 5.41) is 4.66. The molecule has 126 valence electrons. The largest absolute Gasteiger partial charge is 0.0718 e. The molecule has 25 heavy (non-hydrogen) atoms. The van der Waals surface area contributed by atoms with Crippen molar-refractivity contribution in [3.8, 4) is 0 Å². The molecule has 2 heteroatoms. The molecule has 1 saturated heterocycles. The monoisotopic (exact) mass is 362 g/mol. The standard InChI is InChI=1S/C23H24P2/c1-4-11-20(12-5-1)24-18-10-17-23(24)19-25(21-13-6-2-7-14-21)22-15-8-3-9-16-22/h1-9,11-16,23H,10,17-19H2/t23?,24-/m0/s1. The average molecular weight is 362 g/mol. The molecule has 0 aromatic heterocycles. The van der Waals surface area contributed by atoms with Gasteiger partial charge in [-0.1, -0.05) is 98.9 Å². The molecule has 3 aromatic rings. The Morgan fingerprint density at radius 1 is 0.720 bits per heavy atom. The first-order valence-electron chi connectivity index (χ1n) is 9.11.